The normalized spacial score (nSPS) is 20.2. The van der Waals surface area contributed by atoms with Crippen molar-refractivity contribution in [2.45, 2.75) is 52.0 Å². The molecule has 1 aliphatic heterocycles. The Labute approximate surface area is 168 Å². The maximum absolute atomic E-state index is 13.5. The van der Waals surface area contributed by atoms with Gasteiger partial charge < -0.3 is 19.7 Å². The van der Waals surface area contributed by atoms with E-state index < -0.39 is 5.54 Å². The van der Waals surface area contributed by atoms with Gasteiger partial charge in [0.15, 0.2) is 5.54 Å². The van der Waals surface area contributed by atoms with Gasteiger partial charge in [-0.2, -0.15) is 0 Å². The lowest BCUT2D eigenvalue weighted by molar-refractivity contribution is -0.156. The van der Waals surface area contributed by atoms with E-state index in [1.165, 1.54) is 7.11 Å². The van der Waals surface area contributed by atoms with Crippen LogP contribution in [-0.4, -0.2) is 56.2 Å². The Kier molecular flexibility index (Phi) is 6.75. The molecule has 0 bridgehead atoms. The minimum Gasteiger partial charge on any atom is -0.496 e. The molecule has 1 atom stereocenters. The molecule has 1 aliphatic rings. The molecule has 1 fully saturated rings. The van der Waals surface area contributed by atoms with Crippen molar-refractivity contribution in [3.05, 3.63) is 29.3 Å². The van der Waals surface area contributed by atoms with Crippen molar-refractivity contribution in [1.82, 2.24) is 10.2 Å². The predicted molar refractivity (Wildman–Crippen MR) is 110 cm³/mol. The van der Waals surface area contributed by atoms with Gasteiger partial charge in [0.2, 0.25) is 0 Å². The van der Waals surface area contributed by atoms with Gasteiger partial charge >= 0.3 is 5.97 Å². The maximum Gasteiger partial charge on any atom is 0.333 e. The van der Waals surface area contributed by atoms with Crippen LogP contribution < -0.4 is 10.1 Å². The Morgan fingerprint density at radius 2 is 1.93 bits per heavy atom. The van der Waals surface area contributed by atoms with E-state index in [1.807, 2.05) is 26.0 Å². The molecule has 0 aromatic heterocycles. The number of benzene rings is 1. The van der Waals surface area contributed by atoms with Gasteiger partial charge in [-0.05, 0) is 35.4 Å². The first-order valence-electron chi connectivity index (χ1n) is 9.86. The second-order valence-electron chi connectivity index (χ2n) is 8.92. The molecule has 0 aliphatic carbocycles. The van der Waals surface area contributed by atoms with Crippen LogP contribution in [0.3, 0.4) is 0 Å². The van der Waals surface area contributed by atoms with Gasteiger partial charge in [0.05, 0.1) is 14.2 Å². The van der Waals surface area contributed by atoms with E-state index in [1.54, 1.807) is 18.1 Å². The largest absolute Gasteiger partial charge is 0.496 e. The highest BCUT2D eigenvalue weighted by Gasteiger charge is 2.49. The predicted octanol–water partition coefficient (Wildman–Crippen LogP) is 3.00. The molecule has 28 heavy (non-hydrogen) atoms. The number of carbonyl (C=O) groups excluding carboxylic acids is 2. The Balaban J connectivity index is 2.48. The molecular formula is C22H34N2O4. The van der Waals surface area contributed by atoms with E-state index >= 15 is 0 Å². The first kappa shape index (κ1) is 22.2. The number of hydrogen-bond acceptors (Lipinski definition) is 5. The first-order chi connectivity index (χ1) is 13.1. The Hall–Kier alpha value is -2.08. The summed E-state index contributed by atoms with van der Waals surface area (Å²) in [5.74, 6) is 0.361. The van der Waals surface area contributed by atoms with Crippen LogP contribution in [0.4, 0.5) is 0 Å². The summed E-state index contributed by atoms with van der Waals surface area (Å²) in [6, 6.07) is 5.55. The second kappa shape index (κ2) is 8.52. The lowest BCUT2D eigenvalue weighted by Gasteiger charge is -2.46. The Bertz CT molecular complexity index is 724. The molecule has 1 aromatic rings. The van der Waals surface area contributed by atoms with Gasteiger partial charge in [-0.3, -0.25) is 4.79 Å². The topological polar surface area (TPSA) is 67.9 Å². The molecule has 2 rings (SSSR count). The monoisotopic (exact) mass is 390 g/mol. The summed E-state index contributed by atoms with van der Waals surface area (Å²) in [6.07, 6.45) is 0.537. The molecule has 156 valence electrons. The van der Waals surface area contributed by atoms with E-state index in [9.17, 15) is 9.59 Å². The summed E-state index contributed by atoms with van der Waals surface area (Å²) in [6.45, 7) is 11.9. The van der Waals surface area contributed by atoms with Crippen molar-refractivity contribution in [3.8, 4) is 5.75 Å². The number of esters is 1. The number of carbonyl (C=O) groups is 2. The number of nitrogens with one attached hydrogen (secondary N) is 1. The van der Waals surface area contributed by atoms with Gasteiger partial charge in [-0.1, -0.05) is 40.7 Å². The third-order valence-corrected chi connectivity index (χ3v) is 5.26. The fourth-order valence-electron chi connectivity index (χ4n) is 4.00. The molecule has 1 heterocycles. The van der Waals surface area contributed by atoms with Crippen molar-refractivity contribution in [3.63, 3.8) is 0 Å². The average molecular weight is 391 g/mol. The van der Waals surface area contributed by atoms with Gasteiger partial charge in [-0.25, -0.2) is 4.79 Å². The average Bonchev–Trinajstić information content (AvgIpc) is 2.65. The number of hydrogen-bond donors (Lipinski definition) is 1. The highest BCUT2D eigenvalue weighted by Crippen LogP contribution is 2.34. The van der Waals surface area contributed by atoms with E-state index in [-0.39, 0.29) is 23.2 Å². The van der Waals surface area contributed by atoms with Crippen molar-refractivity contribution in [1.29, 1.82) is 0 Å². The van der Waals surface area contributed by atoms with E-state index in [0.29, 0.717) is 37.4 Å². The molecular weight excluding hydrogens is 356 g/mol. The summed E-state index contributed by atoms with van der Waals surface area (Å²) in [4.78, 5) is 28.0. The molecule has 6 nitrogen and oxygen atoms in total. The highest BCUT2D eigenvalue weighted by atomic mass is 16.5. The van der Waals surface area contributed by atoms with Crippen LogP contribution >= 0.6 is 0 Å². The summed E-state index contributed by atoms with van der Waals surface area (Å²) >= 11 is 0. The SMILES string of the molecule is COC(=O)C1(CC(C)C)CNCCN1C(=O)c1ccc(C(C)(C)C)c(OC)c1. The molecule has 1 amide bonds. The van der Waals surface area contributed by atoms with Crippen LogP contribution in [0, 0.1) is 5.92 Å². The van der Waals surface area contributed by atoms with Gasteiger partial charge in [0.25, 0.3) is 5.91 Å². The molecule has 0 saturated carbocycles. The number of amides is 1. The van der Waals surface area contributed by atoms with Crippen LogP contribution in [0.2, 0.25) is 0 Å². The van der Waals surface area contributed by atoms with Gasteiger partial charge in [-0.15, -0.1) is 0 Å². The smallest absolute Gasteiger partial charge is 0.333 e. The van der Waals surface area contributed by atoms with Crippen molar-refractivity contribution < 1.29 is 19.1 Å². The Morgan fingerprint density at radius 1 is 1.25 bits per heavy atom. The van der Waals surface area contributed by atoms with Crippen molar-refractivity contribution >= 4 is 11.9 Å². The zero-order valence-electron chi connectivity index (χ0n) is 18.2. The lowest BCUT2D eigenvalue weighted by atomic mass is 9.84. The number of piperazine rings is 1. The summed E-state index contributed by atoms with van der Waals surface area (Å²) in [5, 5.41) is 3.26. The third-order valence-electron chi connectivity index (χ3n) is 5.26. The fraction of sp³-hybridized carbons (Fsp3) is 0.636. The number of rotatable bonds is 5. The van der Waals surface area contributed by atoms with Crippen molar-refractivity contribution in [2.75, 3.05) is 33.9 Å². The van der Waals surface area contributed by atoms with Crippen molar-refractivity contribution in [2.24, 2.45) is 5.92 Å². The summed E-state index contributed by atoms with van der Waals surface area (Å²) in [5.41, 5.74) is 0.445. The number of methoxy groups -OCH3 is 2. The quantitative estimate of drug-likeness (QED) is 0.783. The first-order valence-corrected chi connectivity index (χ1v) is 9.86. The van der Waals surface area contributed by atoms with Crippen LogP contribution in [0.1, 0.15) is 57.0 Å². The molecule has 1 unspecified atom stereocenters. The highest BCUT2D eigenvalue weighted by molar-refractivity contribution is 5.99. The second-order valence-corrected chi connectivity index (χ2v) is 8.92. The van der Waals surface area contributed by atoms with Gasteiger partial charge in [0, 0.05) is 25.2 Å². The van der Waals surface area contributed by atoms with E-state index in [4.69, 9.17) is 9.47 Å². The molecule has 1 saturated heterocycles. The zero-order valence-corrected chi connectivity index (χ0v) is 18.2. The summed E-state index contributed by atoms with van der Waals surface area (Å²) in [7, 11) is 2.99. The summed E-state index contributed by atoms with van der Waals surface area (Å²) < 4.78 is 10.7. The molecule has 1 aromatic carbocycles. The zero-order chi connectivity index (χ0) is 21.1. The molecule has 1 N–H and O–H groups in total. The van der Waals surface area contributed by atoms with E-state index in [2.05, 4.69) is 26.1 Å². The van der Waals surface area contributed by atoms with E-state index in [0.717, 1.165) is 5.56 Å². The minimum atomic E-state index is -1.01. The Morgan fingerprint density at radius 3 is 2.46 bits per heavy atom. The molecule has 6 heteroatoms. The minimum absolute atomic E-state index is 0.102. The lowest BCUT2D eigenvalue weighted by Crippen LogP contribution is -2.67. The van der Waals surface area contributed by atoms with Crippen LogP contribution in [0.15, 0.2) is 18.2 Å². The van der Waals surface area contributed by atoms with Gasteiger partial charge in [0.1, 0.15) is 5.75 Å². The maximum atomic E-state index is 13.5. The fourth-order valence-corrected chi connectivity index (χ4v) is 4.00. The standard InChI is InChI=1S/C22H34N2O4/c1-15(2)13-22(20(26)28-7)14-23-10-11-24(22)19(25)16-8-9-17(21(3,4)5)18(12-16)27-6/h8-9,12,15,23H,10-11,13-14H2,1-7H3. The van der Waals surface area contributed by atoms with Crippen LogP contribution in [0.25, 0.3) is 0 Å². The number of ether oxygens (including phenoxy) is 2. The molecule has 0 radical (unpaired) electrons. The molecule has 0 spiro atoms. The number of nitrogens with zero attached hydrogens (tertiary/aromatic N) is 1. The van der Waals surface area contributed by atoms with Crippen LogP contribution in [0.5, 0.6) is 5.75 Å². The van der Waals surface area contributed by atoms with Crippen LogP contribution in [-0.2, 0) is 14.9 Å². The third kappa shape index (κ3) is 4.32.